The molecule has 0 amide bonds. The summed E-state index contributed by atoms with van der Waals surface area (Å²) in [6, 6.07) is 7.94. The maximum atomic E-state index is 11.4. The van der Waals surface area contributed by atoms with Gasteiger partial charge in [0.05, 0.1) is 0 Å². The molecule has 15 heavy (non-hydrogen) atoms. The summed E-state index contributed by atoms with van der Waals surface area (Å²) in [5, 5.41) is 0. The van der Waals surface area contributed by atoms with Gasteiger partial charge in [0.2, 0.25) is 0 Å². The Morgan fingerprint density at radius 2 is 1.93 bits per heavy atom. The first-order valence-corrected chi connectivity index (χ1v) is 5.58. The van der Waals surface area contributed by atoms with Gasteiger partial charge in [-0.05, 0) is 38.4 Å². The van der Waals surface area contributed by atoms with Crippen molar-refractivity contribution in [2.45, 2.75) is 26.3 Å². The van der Waals surface area contributed by atoms with Gasteiger partial charge in [-0.3, -0.25) is 9.69 Å². The Morgan fingerprint density at radius 3 is 2.60 bits per heavy atom. The van der Waals surface area contributed by atoms with E-state index in [0.29, 0.717) is 0 Å². The van der Waals surface area contributed by atoms with Crippen molar-refractivity contribution in [3.8, 4) is 0 Å². The lowest BCUT2D eigenvalue weighted by atomic mass is 10.0. The van der Waals surface area contributed by atoms with Gasteiger partial charge in [0.15, 0.2) is 5.78 Å². The van der Waals surface area contributed by atoms with Crippen LogP contribution >= 0.6 is 0 Å². The minimum atomic E-state index is 0.171. The van der Waals surface area contributed by atoms with E-state index in [9.17, 15) is 4.79 Å². The van der Waals surface area contributed by atoms with Gasteiger partial charge >= 0.3 is 0 Å². The summed E-state index contributed by atoms with van der Waals surface area (Å²) in [7, 11) is 0. The first-order valence-electron chi connectivity index (χ1n) is 5.58. The van der Waals surface area contributed by atoms with Crippen LogP contribution in [0.15, 0.2) is 24.3 Å². The molecule has 2 rings (SSSR count). The quantitative estimate of drug-likeness (QED) is 0.703. The Hall–Kier alpha value is -1.15. The number of carbonyl (C=O) groups excluding carboxylic acids is 1. The van der Waals surface area contributed by atoms with Crippen molar-refractivity contribution in [2.75, 3.05) is 13.1 Å². The molecule has 1 aliphatic heterocycles. The minimum absolute atomic E-state index is 0.171. The van der Waals surface area contributed by atoms with Gasteiger partial charge in [-0.15, -0.1) is 0 Å². The van der Waals surface area contributed by atoms with Crippen LogP contribution in [-0.2, 0) is 6.54 Å². The first-order chi connectivity index (χ1) is 7.27. The number of benzene rings is 1. The monoisotopic (exact) mass is 203 g/mol. The Bertz CT molecular complexity index is 353. The summed E-state index contributed by atoms with van der Waals surface area (Å²) >= 11 is 0. The molecule has 1 aromatic carbocycles. The van der Waals surface area contributed by atoms with Crippen molar-refractivity contribution < 1.29 is 4.79 Å². The summed E-state index contributed by atoms with van der Waals surface area (Å²) in [4.78, 5) is 13.8. The molecule has 80 valence electrons. The van der Waals surface area contributed by atoms with Crippen molar-refractivity contribution in [3.05, 3.63) is 35.4 Å². The van der Waals surface area contributed by atoms with E-state index in [1.54, 1.807) is 6.92 Å². The second-order valence-electron chi connectivity index (χ2n) is 4.20. The van der Waals surface area contributed by atoms with Gasteiger partial charge in [0.1, 0.15) is 0 Å². The normalized spacial score (nSPS) is 16.9. The van der Waals surface area contributed by atoms with Gasteiger partial charge < -0.3 is 0 Å². The highest BCUT2D eigenvalue weighted by atomic mass is 16.1. The van der Waals surface area contributed by atoms with Gasteiger partial charge in [0, 0.05) is 12.1 Å². The van der Waals surface area contributed by atoms with Crippen molar-refractivity contribution in [3.63, 3.8) is 0 Å². The third-order valence-corrected chi connectivity index (χ3v) is 2.99. The SMILES string of the molecule is CC(=O)c1ccccc1CN1CCCC1. The predicted octanol–water partition coefficient (Wildman–Crippen LogP) is 2.49. The Labute approximate surface area is 90.9 Å². The van der Waals surface area contributed by atoms with E-state index in [0.717, 1.165) is 12.1 Å². The molecule has 1 aliphatic rings. The fraction of sp³-hybridized carbons (Fsp3) is 0.462. The summed E-state index contributed by atoms with van der Waals surface area (Å²) < 4.78 is 0. The van der Waals surface area contributed by atoms with E-state index < -0.39 is 0 Å². The lowest BCUT2D eigenvalue weighted by molar-refractivity contribution is 0.101. The zero-order valence-electron chi connectivity index (χ0n) is 9.20. The fourth-order valence-electron chi connectivity index (χ4n) is 2.18. The lowest BCUT2D eigenvalue weighted by Gasteiger charge is -2.16. The summed E-state index contributed by atoms with van der Waals surface area (Å²) in [5.41, 5.74) is 2.05. The van der Waals surface area contributed by atoms with Crippen LogP contribution in [0.25, 0.3) is 0 Å². The zero-order valence-corrected chi connectivity index (χ0v) is 9.20. The number of ketones is 1. The van der Waals surface area contributed by atoms with Crippen LogP contribution < -0.4 is 0 Å². The van der Waals surface area contributed by atoms with Gasteiger partial charge in [0.25, 0.3) is 0 Å². The first kappa shape index (κ1) is 10.4. The number of rotatable bonds is 3. The molecule has 1 saturated heterocycles. The second-order valence-corrected chi connectivity index (χ2v) is 4.20. The van der Waals surface area contributed by atoms with E-state index in [-0.39, 0.29) is 5.78 Å². The molecule has 0 bridgehead atoms. The van der Waals surface area contributed by atoms with Gasteiger partial charge in [-0.2, -0.15) is 0 Å². The minimum Gasteiger partial charge on any atom is -0.299 e. The van der Waals surface area contributed by atoms with E-state index in [1.165, 1.54) is 31.5 Å². The molecule has 2 heteroatoms. The molecule has 0 atom stereocenters. The van der Waals surface area contributed by atoms with E-state index in [4.69, 9.17) is 0 Å². The number of carbonyl (C=O) groups is 1. The maximum Gasteiger partial charge on any atom is 0.160 e. The second kappa shape index (κ2) is 4.58. The number of hydrogen-bond acceptors (Lipinski definition) is 2. The fourth-order valence-corrected chi connectivity index (χ4v) is 2.18. The van der Waals surface area contributed by atoms with Crippen LogP contribution in [0.2, 0.25) is 0 Å². The average molecular weight is 203 g/mol. The van der Waals surface area contributed by atoms with Crippen LogP contribution in [0.3, 0.4) is 0 Å². The largest absolute Gasteiger partial charge is 0.299 e. The van der Waals surface area contributed by atoms with Gasteiger partial charge in [-0.1, -0.05) is 24.3 Å². The Morgan fingerprint density at radius 1 is 1.27 bits per heavy atom. The zero-order chi connectivity index (χ0) is 10.7. The third kappa shape index (κ3) is 2.45. The number of hydrogen-bond donors (Lipinski definition) is 0. The maximum absolute atomic E-state index is 11.4. The molecule has 1 aromatic rings. The van der Waals surface area contributed by atoms with Crippen LogP contribution in [0.4, 0.5) is 0 Å². The molecule has 0 aromatic heterocycles. The molecule has 0 saturated carbocycles. The average Bonchev–Trinajstić information content (AvgIpc) is 2.71. The molecule has 1 heterocycles. The smallest absolute Gasteiger partial charge is 0.160 e. The van der Waals surface area contributed by atoms with Crippen LogP contribution in [-0.4, -0.2) is 23.8 Å². The van der Waals surface area contributed by atoms with Crippen LogP contribution in [0.1, 0.15) is 35.7 Å². The Kier molecular flexibility index (Phi) is 3.17. The number of nitrogens with zero attached hydrogens (tertiary/aromatic N) is 1. The molecule has 0 unspecified atom stereocenters. The van der Waals surface area contributed by atoms with Crippen LogP contribution in [0.5, 0.6) is 0 Å². The molecule has 0 N–H and O–H groups in total. The van der Waals surface area contributed by atoms with Gasteiger partial charge in [-0.25, -0.2) is 0 Å². The highest BCUT2D eigenvalue weighted by Crippen LogP contribution is 2.16. The van der Waals surface area contributed by atoms with E-state index in [2.05, 4.69) is 11.0 Å². The highest BCUT2D eigenvalue weighted by Gasteiger charge is 2.14. The molecule has 0 aliphatic carbocycles. The third-order valence-electron chi connectivity index (χ3n) is 2.99. The Balaban J connectivity index is 2.15. The van der Waals surface area contributed by atoms with E-state index in [1.807, 2.05) is 18.2 Å². The summed E-state index contributed by atoms with van der Waals surface area (Å²) in [6.07, 6.45) is 2.59. The van der Waals surface area contributed by atoms with Crippen molar-refractivity contribution >= 4 is 5.78 Å². The summed E-state index contributed by atoms with van der Waals surface area (Å²) in [5.74, 6) is 0.171. The lowest BCUT2D eigenvalue weighted by Crippen LogP contribution is -2.19. The standard InChI is InChI=1S/C13H17NO/c1-11(15)13-7-3-2-6-12(13)10-14-8-4-5-9-14/h2-3,6-7H,4-5,8-10H2,1H3. The van der Waals surface area contributed by atoms with E-state index >= 15 is 0 Å². The molecular formula is C13H17NO. The highest BCUT2D eigenvalue weighted by molar-refractivity contribution is 5.95. The van der Waals surface area contributed by atoms with Crippen molar-refractivity contribution in [1.29, 1.82) is 0 Å². The predicted molar refractivity (Wildman–Crippen MR) is 61.0 cm³/mol. The molecule has 0 spiro atoms. The number of Topliss-reactive ketones (excluding diaryl/α,β-unsaturated/α-hetero) is 1. The molecular weight excluding hydrogens is 186 g/mol. The topological polar surface area (TPSA) is 20.3 Å². The van der Waals surface area contributed by atoms with Crippen molar-refractivity contribution in [1.82, 2.24) is 4.90 Å². The van der Waals surface area contributed by atoms with Crippen molar-refractivity contribution in [2.24, 2.45) is 0 Å². The molecule has 1 fully saturated rings. The molecule has 0 radical (unpaired) electrons. The molecule has 2 nitrogen and oxygen atoms in total. The van der Waals surface area contributed by atoms with Crippen LogP contribution in [0, 0.1) is 0 Å². The summed E-state index contributed by atoms with van der Waals surface area (Å²) in [6.45, 7) is 4.91. The number of likely N-dealkylation sites (tertiary alicyclic amines) is 1.